The van der Waals surface area contributed by atoms with Crippen LogP contribution in [0.5, 0.6) is 11.5 Å². The number of hydrogen-bond donors (Lipinski definition) is 4. The van der Waals surface area contributed by atoms with E-state index >= 15 is 0 Å². The molecule has 4 heterocycles. The highest BCUT2D eigenvalue weighted by atomic mass is 19.4. The number of rotatable bonds is 8. The van der Waals surface area contributed by atoms with E-state index in [1.54, 1.807) is 36.4 Å². The first-order valence-corrected chi connectivity index (χ1v) is 16.1. The van der Waals surface area contributed by atoms with Crippen molar-refractivity contribution >= 4 is 23.2 Å². The molecule has 0 spiro atoms. The number of carbonyl (C=O) groups excluding carboxylic acids is 2. The number of aryl methyl sites for hydroxylation is 2. The summed E-state index contributed by atoms with van der Waals surface area (Å²) in [4.78, 5) is 31.3. The van der Waals surface area contributed by atoms with Gasteiger partial charge in [0.2, 0.25) is 5.82 Å². The van der Waals surface area contributed by atoms with E-state index in [-0.39, 0.29) is 29.2 Å². The van der Waals surface area contributed by atoms with E-state index in [1.807, 2.05) is 13.0 Å². The van der Waals surface area contributed by atoms with Crippen LogP contribution in [0.15, 0.2) is 48.5 Å². The van der Waals surface area contributed by atoms with Crippen molar-refractivity contribution in [3.8, 4) is 11.5 Å². The normalized spacial score (nSPS) is 16.5. The third-order valence-electron chi connectivity index (χ3n) is 7.77. The fraction of sp³-hybridized carbons (Fsp3) is 0.382. The molecule has 0 aliphatic carbocycles. The molecule has 6 N–H and O–H groups in total. The summed E-state index contributed by atoms with van der Waals surface area (Å²) in [5, 5.41) is 9.30. The first kappa shape index (κ1) is 37.1. The molecule has 0 saturated heterocycles. The van der Waals surface area contributed by atoms with Gasteiger partial charge in [-0.3, -0.25) is 14.3 Å². The van der Waals surface area contributed by atoms with Crippen molar-refractivity contribution in [2.24, 2.45) is 11.5 Å². The molecule has 2 aromatic heterocycles. The highest BCUT2D eigenvalue weighted by molar-refractivity contribution is 6.03. The Morgan fingerprint density at radius 2 is 1.43 bits per heavy atom. The molecule has 51 heavy (non-hydrogen) atoms. The number of carbonyl (C=O) groups is 2. The number of fused-ring (bicyclic) bond motifs is 2. The smallest absolute Gasteiger partial charge is 0.451 e. The Hall–Kier alpha value is -5.16. The van der Waals surface area contributed by atoms with Gasteiger partial charge in [0, 0.05) is 47.0 Å². The second-order valence-electron chi connectivity index (χ2n) is 12.2. The number of amides is 2. The maximum Gasteiger partial charge on any atom is 0.451 e. The fourth-order valence-electron chi connectivity index (χ4n) is 5.46. The highest BCUT2D eigenvalue weighted by Gasteiger charge is 2.35. The number of hydrogen-bond acceptors (Lipinski definition) is 9. The van der Waals surface area contributed by atoms with Crippen LogP contribution in [0.3, 0.4) is 0 Å². The molecule has 2 amide bonds. The Morgan fingerprint density at radius 1 is 0.882 bits per heavy atom. The Kier molecular flexibility index (Phi) is 11.5. The van der Waals surface area contributed by atoms with Crippen molar-refractivity contribution in [3.63, 3.8) is 0 Å². The first-order chi connectivity index (χ1) is 24.2. The van der Waals surface area contributed by atoms with E-state index in [1.165, 1.54) is 17.7 Å². The van der Waals surface area contributed by atoms with Gasteiger partial charge in [0.1, 0.15) is 37.0 Å². The standard InChI is InChI=1S/C18H22F2N4O2.C16H15F3N4O2/c1-2-3-14-8-15(23-24(14)9-17(19)20)18(25)22-13-5-4-11-6-12(21)10-26-16(11)7-13;1-8-4-12(23-15(21-8)16(17,18)19)14(24)22-11-3-2-9-5-10(20)7-25-13(9)6-11/h4-5,7-8,12,17H,2-3,6,9-10,21H2,1H3,(H,22,25);2-4,6,10H,5,7,20H2,1H3,(H,22,24)/t12-;/m1./s1. The quantitative estimate of drug-likeness (QED) is 0.185. The molecule has 0 radical (unpaired) electrons. The van der Waals surface area contributed by atoms with Gasteiger partial charge in [0.25, 0.3) is 18.2 Å². The van der Waals surface area contributed by atoms with E-state index in [0.29, 0.717) is 54.6 Å². The number of halogens is 5. The summed E-state index contributed by atoms with van der Waals surface area (Å²) in [6.07, 6.45) is -4.50. The summed E-state index contributed by atoms with van der Waals surface area (Å²) in [5.41, 5.74) is 15.0. The Balaban J connectivity index is 0.000000198. The predicted molar refractivity (Wildman–Crippen MR) is 177 cm³/mol. The summed E-state index contributed by atoms with van der Waals surface area (Å²) >= 11 is 0. The lowest BCUT2D eigenvalue weighted by Crippen LogP contribution is -2.33. The summed E-state index contributed by atoms with van der Waals surface area (Å²) in [7, 11) is 0. The summed E-state index contributed by atoms with van der Waals surface area (Å²) in [6, 6.07) is 13.0. The van der Waals surface area contributed by atoms with E-state index in [0.717, 1.165) is 24.0 Å². The molecule has 17 heteroatoms. The molecule has 12 nitrogen and oxygen atoms in total. The second-order valence-corrected chi connectivity index (χ2v) is 12.2. The first-order valence-electron chi connectivity index (χ1n) is 16.1. The number of nitrogens with two attached hydrogens (primary N) is 2. The highest BCUT2D eigenvalue weighted by Crippen LogP contribution is 2.30. The van der Waals surface area contributed by atoms with Crippen LogP contribution in [0.2, 0.25) is 0 Å². The summed E-state index contributed by atoms with van der Waals surface area (Å²) < 4.78 is 76.0. The molecule has 0 fully saturated rings. The van der Waals surface area contributed by atoms with Crippen LogP contribution in [-0.4, -0.2) is 63.3 Å². The minimum atomic E-state index is -4.72. The molecular formula is C34H37F5N8O4. The Bertz CT molecular complexity index is 1880. The number of nitrogens with zero attached hydrogens (tertiary/aromatic N) is 4. The van der Waals surface area contributed by atoms with Crippen molar-refractivity contribution < 1.29 is 41.0 Å². The van der Waals surface area contributed by atoms with Crippen molar-refractivity contribution in [2.45, 2.75) is 70.8 Å². The second kappa shape index (κ2) is 15.8. The van der Waals surface area contributed by atoms with Gasteiger partial charge in [-0.15, -0.1) is 0 Å². The predicted octanol–water partition coefficient (Wildman–Crippen LogP) is 4.93. The number of aromatic nitrogens is 4. The van der Waals surface area contributed by atoms with Crippen LogP contribution in [0.25, 0.3) is 0 Å². The van der Waals surface area contributed by atoms with E-state index in [4.69, 9.17) is 20.9 Å². The van der Waals surface area contributed by atoms with E-state index < -0.39 is 36.8 Å². The topological polar surface area (TPSA) is 172 Å². The molecular weight excluding hydrogens is 679 g/mol. The average Bonchev–Trinajstić information content (AvgIpc) is 3.46. The molecule has 272 valence electrons. The molecule has 0 saturated carbocycles. The zero-order valence-electron chi connectivity index (χ0n) is 27.8. The monoisotopic (exact) mass is 716 g/mol. The van der Waals surface area contributed by atoms with Crippen molar-refractivity contribution in [1.82, 2.24) is 19.7 Å². The van der Waals surface area contributed by atoms with Gasteiger partial charge in [-0.2, -0.15) is 18.3 Å². The molecule has 4 aromatic rings. The summed E-state index contributed by atoms with van der Waals surface area (Å²) in [6.45, 7) is 3.59. The van der Waals surface area contributed by atoms with Gasteiger partial charge in [-0.1, -0.05) is 25.5 Å². The zero-order chi connectivity index (χ0) is 36.9. The number of nitrogens with one attached hydrogen (secondary N) is 2. The maximum atomic E-state index is 12.8. The maximum absolute atomic E-state index is 12.8. The van der Waals surface area contributed by atoms with Crippen molar-refractivity contribution in [2.75, 3.05) is 23.8 Å². The van der Waals surface area contributed by atoms with Crippen LogP contribution >= 0.6 is 0 Å². The lowest BCUT2D eigenvalue weighted by Gasteiger charge is -2.22. The van der Waals surface area contributed by atoms with Gasteiger partial charge < -0.3 is 31.6 Å². The van der Waals surface area contributed by atoms with Crippen LogP contribution in [0.1, 0.15) is 62.7 Å². The van der Waals surface area contributed by atoms with E-state index in [9.17, 15) is 31.5 Å². The molecule has 2 atom stereocenters. The van der Waals surface area contributed by atoms with Crippen molar-refractivity contribution in [1.29, 1.82) is 0 Å². The van der Waals surface area contributed by atoms with Gasteiger partial charge >= 0.3 is 6.18 Å². The molecule has 0 bridgehead atoms. The Labute approximate surface area is 289 Å². The third kappa shape index (κ3) is 9.76. The van der Waals surface area contributed by atoms with Gasteiger partial charge in [-0.25, -0.2) is 18.7 Å². The van der Waals surface area contributed by atoms with Gasteiger partial charge in [-0.05, 0) is 61.6 Å². The van der Waals surface area contributed by atoms with Crippen LogP contribution < -0.4 is 31.6 Å². The van der Waals surface area contributed by atoms with Crippen LogP contribution in [-0.2, 0) is 32.0 Å². The SMILES string of the molecule is CCCc1cc(C(=O)Nc2ccc3c(c2)OC[C@H](N)C3)nn1CC(F)F.Cc1cc(C(=O)Nc2ccc3c(c2)OCC(N)C3)nc(C(F)(F)F)n1. The number of anilines is 2. The van der Waals surface area contributed by atoms with Crippen LogP contribution in [0.4, 0.5) is 33.3 Å². The zero-order valence-corrected chi connectivity index (χ0v) is 27.8. The number of alkyl halides is 5. The molecule has 6 rings (SSSR count). The van der Waals surface area contributed by atoms with Crippen LogP contribution in [0, 0.1) is 6.92 Å². The molecule has 2 aliphatic rings. The lowest BCUT2D eigenvalue weighted by molar-refractivity contribution is -0.145. The van der Waals surface area contributed by atoms with Gasteiger partial charge in [0.15, 0.2) is 5.69 Å². The number of benzene rings is 2. The van der Waals surface area contributed by atoms with Crippen molar-refractivity contribution in [3.05, 3.63) is 88.3 Å². The molecule has 2 aromatic carbocycles. The lowest BCUT2D eigenvalue weighted by atomic mass is 10.0. The Morgan fingerprint density at radius 3 is 1.94 bits per heavy atom. The molecule has 1 unspecified atom stereocenters. The summed E-state index contributed by atoms with van der Waals surface area (Å²) in [5.74, 6) is -1.26. The number of ether oxygens (including phenoxy) is 2. The third-order valence-corrected chi connectivity index (χ3v) is 7.77. The minimum Gasteiger partial charge on any atom is -0.492 e. The molecule has 2 aliphatic heterocycles. The van der Waals surface area contributed by atoms with E-state index in [2.05, 4.69) is 25.7 Å². The minimum absolute atomic E-state index is 0.0290. The van der Waals surface area contributed by atoms with Gasteiger partial charge in [0.05, 0.1) is 0 Å². The largest absolute Gasteiger partial charge is 0.492 e. The fourth-order valence-corrected chi connectivity index (χ4v) is 5.46. The average molecular weight is 717 g/mol.